The van der Waals surface area contributed by atoms with Gasteiger partial charge in [-0.15, -0.1) is 11.8 Å². The lowest BCUT2D eigenvalue weighted by atomic mass is 10.3. The molecule has 3 nitrogen and oxygen atoms in total. The molecule has 0 spiro atoms. The first kappa shape index (κ1) is 10.0. The van der Waals surface area contributed by atoms with Gasteiger partial charge >= 0.3 is 6.43 Å². The number of rotatable bonds is 3. The van der Waals surface area contributed by atoms with Crippen molar-refractivity contribution in [1.82, 2.24) is 9.97 Å². The van der Waals surface area contributed by atoms with Crippen molar-refractivity contribution in [1.29, 1.82) is 0 Å². The Hall–Kier alpha value is -1.04. The number of hydrogen-bond donors (Lipinski definition) is 0. The molecule has 0 atom stereocenters. The average Bonchev–Trinajstić information content (AvgIpc) is 2.17. The van der Waals surface area contributed by atoms with E-state index >= 15 is 0 Å². The number of alkyl halides is 2. The molecule has 0 saturated carbocycles. The van der Waals surface area contributed by atoms with Gasteiger partial charge in [-0.1, -0.05) is 0 Å². The monoisotopic (exact) mass is 204 g/mol. The van der Waals surface area contributed by atoms with Gasteiger partial charge < -0.3 is 0 Å². The standard InChI is InChI=1S/C7H6F2N2OS/c1-13-5-3-10-4(2-11-5)6(12)7(8)9/h2-3,7H,1H3. The van der Waals surface area contributed by atoms with Crippen LogP contribution in [0.2, 0.25) is 0 Å². The second-order valence-electron chi connectivity index (χ2n) is 2.11. The summed E-state index contributed by atoms with van der Waals surface area (Å²) in [4.78, 5) is 18.0. The van der Waals surface area contributed by atoms with Crippen LogP contribution in [0.1, 0.15) is 10.5 Å². The number of nitrogens with zero attached hydrogens (tertiary/aromatic N) is 2. The number of Topliss-reactive ketones (excluding diaryl/α,β-unsaturated/α-hetero) is 1. The largest absolute Gasteiger partial charge is 0.302 e. The van der Waals surface area contributed by atoms with Crippen LogP contribution in [0.3, 0.4) is 0 Å². The van der Waals surface area contributed by atoms with Gasteiger partial charge in [-0.25, -0.2) is 18.7 Å². The van der Waals surface area contributed by atoms with E-state index in [0.29, 0.717) is 5.03 Å². The van der Waals surface area contributed by atoms with Gasteiger partial charge in [-0.05, 0) is 6.26 Å². The van der Waals surface area contributed by atoms with Gasteiger partial charge in [0.05, 0.1) is 12.4 Å². The molecule has 0 fully saturated rings. The second kappa shape index (κ2) is 4.27. The van der Waals surface area contributed by atoms with Crippen molar-refractivity contribution in [2.75, 3.05) is 6.26 Å². The fourth-order valence-electron chi connectivity index (χ4n) is 0.661. The maximum atomic E-state index is 11.9. The zero-order valence-corrected chi connectivity index (χ0v) is 7.52. The summed E-state index contributed by atoms with van der Waals surface area (Å²) in [5.41, 5.74) is -0.298. The highest BCUT2D eigenvalue weighted by Gasteiger charge is 2.19. The molecule has 0 unspecified atom stereocenters. The third-order valence-electron chi connectivity index (χ3n) is 1.29. The van der Waals surface area contributed by atoms with Crippen molar-refractivity contribution in [3.05, 3.63) is 18.1 Å². The summed E-state index contributed by atoms with van der Waals surface area (Å²) in [6.07, 6.45) is 1.11. The summed E-state index contributed by atoms with van der Waals surface area (Å²) in [5, 5.41) is 0.589. The van der Waals surface area contributed by atoms with E-state index in [1.807, 2.05) is 0 Å². The van der Waals surface area contributed by atoms with E-state index in [1.165, 1.54) is 18.0 Å². The fourth-order valence-corrected chi connectivity index (χ4v) is 0.977. The second-order valence-corrected chi connectivity index (χ2v) is 2.94. The summed E-state index contributed by atoms with van der Waals surface area (Å²) < 4.78 is 23.7. The van der Waals surface area contributed by atoms with Crippen LogP contribution in [0, 0.1) is 0 Å². The molecule has 70 valence electrons. The van der Waals surface area contributed by atoms with E-state index in [1.54, 1.807) is 6.26 Å². The Morgan fingerprint density at radius 2 is 2.15 bits per heavy atom. The quantitative estimate of drug-likeness (QED) is 0.554. The minimum absolute atomic E-state index is 0.298. The third kappa shape index (κ3) is 2.45. The van der Waals surface area contributed by atoms with E-state index in [9.17, 15) is 13.6 Å². The number of carbonyl (C=O) groups excluding carboxylic acids is 1. The molecule has 1 aromatic rings. The predicted molar refractivity (Wildman–Crippen MR) is 44.1 cm³/mol. The van der Waals surface area contributed by atoms with Gasteiger partial charge in [-0.2, -0.15) is 0 Å². The maximum Gasteiger partial charge on any atom is 0.302 e. The molecular weight excluding hydrogens is 198 g/mol. The molecule has 0 aliphatic rings. The van der Waals surface area contributed by atoms with Crippen LogP contribution in [0.4, 0.5) is 8.78 Å². The Balaban J connectivity index is 2.86. The minimum atomic E-state index is -3.02. The van der Waals surface area contributed by atoms with Crippen molar-refractivity contribution in [3.63, 3.8) is 0 Å². The van der Waals surface area contributed by atoms with Crippen molar-refractivity contribution in [2.24, 2.45) is 0 Å². The number of aromatic nitrogens is 2. The third-order valence-corrected chi connectivity index (χ3v) is 1.92. The van der Waals surface area contributed by atoms with Crippen molar-refractivity contribution >= 4 is 17.5 Å². The van der Waals surface area contributed by atoms with Crippen molar-refractivity contribution < 1.29 is 13.6 Å². The van der Waals surface area contributed by atoms with Crippen LogP contribution in [0.5, 0.6) is 0 Å². The van der Waals surface area contributed by atoms with Crippen molar-refractivity contribution in [3.8, 4) is 0 Å². The Labute approximate surface area is 77.6 Å². The molecule has 0 saturated heterocycles. The van der Waals surface area contributed by atoms with Gasteiger partial charge in [0.25, 0.3) is 0 Å². The molecule has 1 aromatic heterocycles. The SMILES string of the molecule is CSc1cnc(C(=O)C(F)F)cn1. The lowest BCUT2D eigenvalue weighted by Crippen LogP contribution is -2.12. The van der Waals surface area contributed by atoms with Crippen LogP contribution in [-0.2, 0) is 0 Å². The first-order valence-electron chi connectivity index (χ1n) is 3.33. The predicted octanol–water partition coefficient (Wildman–Crippen LogP) is 1.65. The molecule has 13 heavy (non-hydrogen) atoms. The molecule has 0 N–H and O–H groups in total. The van der Waals surface area contributed by atoms with E-state index in [4.69, 9.17) is 0 Å². The van der Waals surface area contributed by atoms with Crippen LogP contribution in [0.25, 0.3) is 0 Å². The number of carbonyl (C=O) groups is 1. The molecule has 1 rings (SSSR count). The number of halogens is 2. The molecule has 0 amide bonds. The maximum absolute atomic E-state index is 11.9. The summed E-state index contributed by atoms with van der Waals surface area (Å²) in [7, 11) is 0. The smallest absolute Gasteiger partial charge is 0.286 e. The molecule has 6 heteroatoms. The molecule has 0 aromatic carbocycles. The van der Waals surface area contributed by atoms with E-state index in [0.717, 1.165) is 6.20 Å². The van der Waals surface area contributed by atoms with E-state index < -0.39 is 12.2 Å². The average molecular weight is 204 g/mol. The zero-order valence-electron chi connectivity index (χ0n) is 6.70. The molecular formula is C7H6F2N2OS. The highest BCUT2D eigenvalue weighted by atomic mass is 32.2. The van der Waals surface area contributed by atoms with Crippen LogP contribution in [-0.4, -0.2) is 28.4 Å². The Kier molecular flexibility index (Phi) is 3.30. The molecule has 1 heterocycles. The fraction of sp³-hybridized carbons (Fsp3) is 0.286. The molecule has 0 aliphatic heterocycles. The van der Waals surface area contributed by atoms with Gasteiger partial charge in [-0.3, -0.25) is 4.79 Å². The van der Waals surface area contributed by atoms with Crippen LogP contribution in [0.15, 0.2) is 17.4 Å². The lowest BCUT2D eigenvalue weighted by molar-refractivity contribution is 0.0672. The molecule has 0 bridgehead atoms. The van der Waals surface area contributed by atoms with E-state index in [-0.39, 0.29) is 5.69 Å². The van der Waals surface area contributed by atoms with Crippen molar-refractivity contribution in [2.45, 2.75) is 11.5 Å². The van der Waals surface area contributed by atoms with Gasteiger partial charge in [0, 0.05) is 0 Å². The van der Waals surface area contributed by atoms with Crippen LogP contribution >= 0.6 is 11.8 Å². The Morgan fingerprint density at radius 1 is 1.46 bits per heavy atom. The van der Waals surface area contributed by atoms with Gasteiger partial charge in [0.2, 0.25) is 5.78 Å². The number of hydrogen-bond acceptors (Lipinski definition) is 4. The lowest BCUT2D eigenvalue weighted by Gasteiger charge is -1.98. The van der Waals surface area contributed by atoms with Crippen LogP contribution < -0.4 is 0 Å². The van der Waals surface area contributed by atoms with Gasteiger partial charge in [0.1, 0.15) is 10.7 Å². The molecule has 0 radical (unpaired) electrons. The number of ketones is 1. The highest BCUT2D eigenvalue weighted by molar-refractivity contribution is 7.98. The minimum Gasteiger partial charge on any atom is -0.286 e. The summed E-state index contributed by atoms with van der Waals surface area (Å²) in [6, 6.07) is 0. The number of thioether (sulfide) groups is 1. The summed E-state index contributed by atoms with van der Waals surface area (Å²) in [5.74, 6) is -1.29. The zero-order chi connectivity index (χ0) is 9.84. The normalized spacial score (nSPS) is 10.5. The Bertz CT molecular complexity index is 302. The summed E-state index contributed by atoms with van der Waals surface area (Å²) in [6.45, 7) is 0. The van der Waals surface area contributed by atoms with E-state index in [2.05, 4.69) is 9.97 Å². The first-order valence-corrected chi connectivity index (χ1v) is 4.56. The topological polar surface area (TPSA) is 42.9 Å². The highest BCUT2D eigenvalue weighted by Crippen LogP contribution is 2.10. The van der Waals surface area contributed by atoms with Gasteiger partial charge in [0.15, 0.2) is 0 Å². The molecule has 0 aliphatic carbocycles. The first-order chi connectivity index (χ1) is 6.15. The summed E-state index contributed by atoms with van der Waals surface area (Å²) >= 11 is 1.33. The Morgan fingerprint density at radius 3 is 2.54 bits per heavy atom.